The highest BCUT2D eigenvalue weighted by Crippen LogP contribution is 2.31. The van der Waals surface area contributed by atoms with Gasteiger partial charge in [0.2, 0.25) is 0 Å². The molecule has 1 aromatic heterocycles. The molecule has 2 rings (SSSR count). The van der Waals surface area contributed by atoms with Gasteiger partial charge in [0, 0.05) is 24.4 Å². The van der Waals surface area contributed by atoms with E-state index in [-0.39, 0.29) is 11.2 Å². The predicted octanol–water partition coefficient (Wildman–Crippen LogP) is 1.26. The summed E-state index contributed by atoms with van der Waals surface area (Å²) < 4.78 is 59.0. The molecule has 8 nitrogen and oxygen atoms in total. The molecule has 21 heavy (non-hydrogen) atoms. The first kappa shape index (κ1) is 17.5. The fourth-order valence-electron chi connectivity index (χ4n) is 1.29. The van der Waals surface area contributed by atoms with Crippen LogP contribution in [0.15, 0.2) is 22.0 Å². The van der Waals surface area contributed by atoms with E-state index in [1.54, 1.807) is 0 Å². The first-order valence-corrected chi connectivity index (χ1v) is 7.42. The molecule has 118 valence electrons. The zero-order chi connectivity index (χ0) is 16.4. The number of pyridine rings is 1. The summed E-state index contributed by atoms with van der Waals surface area (Å²) in [6, 6.07) is 2.51. The summed E-state index contributed by atoms with van der Waals surface area (Å²) >= 11 is 1.36. The van der Waals surface area contributed by atoms with E-state index in [4.69, 9.17) is 13.0 Å². The van der Waals surface area contributed by atoms with Crippen molar-refractivity contribution < 1.29 is 31.1 Å². The first-order chi connectivity index (χ1) is 9.45. The smallest absolute Gasteiger partial charge is 0.297 e. The van der Waals surface area contributed by atoms with Crippen molar-refractivity contribution in [1.29, 1.82) is 0 Å². The molecular weight excluding hydrogens is 341 g/mol. The molecule has 0 saturated heterocycles. The van der Waals surface area contributed by atoms with Crippen LogP contribution in [0.5, 0.6) is 0 Å². The molecule has 1 N–H and O–H groups in total. The maximum Gasteiger partial charge on any atom is 0.522 e. The third kappa shape index (κ3) is 4.18. The zero-order valence-electron chi connectivity index (χ0n) is 9.90. The molecule has 0 unspecified atom stereocenters. The van der Waals surface area contributed by atoms with E-state index in [0.29, 0.717) is 11.6 Å². The molecule has 0 aromatic carbocycles. The third-order valence-electron chi connectivity index (χ3n) is 2.16. The fraction of sp³-hybridized carbons (Fsp3) is 0.375. The van der Waals surface area contributed by atoms with E-state index in [2.05, 4.69) is 0 Å². The van der Waals surface area contributed by atoms with E-state index >= 15 is 0 Å². The number of fused-ring (bicyclic) bond motifs is 1. The maximum atomic E-state index is 11.2. The van der Waals surface area contributed by atoms with Crippen LogP contribution >= 0.6 is 11.8 Å². The average molecular weight is 348 g/mol. The molecule has 0 amide bonds. The summed E-state index contributed by atoms with van der Waals surface area (Å²) in [7, 11) is -5.84. The van der Waals surface area contributed by atoms with Gasteiger partial charge < -0.3 is 0 Å². The Balaban J connectivity index is 0.000000240. The van der Waals surface area contributed by atoms with Crippen LogP contribution in [-0.2, 0) is 16.7 Å². The molecule has 0 aliphatic carbocycles. The highest BCUT2D eigenvalue weighted by molar-refractivity contribution is 7.99. The minimum Gasteiger partial charge on any atom is -0.297 e. The topological polar surface area (TPSA) is 120 Å². The van der Waals surface area contributed by atoms with Crippen molar-refractivity contribution in [3.8, 4) is 0 Å². The Morgan fingerprint density at radius 1 is 1.38 bits per heavy atom. The van der Waals surface area contributed by atoms with Crippen LogP contribution in [0.25, 0.3) is 0 Å². The van der Waals surface area contributed by atoms with Gasteiger partial charge in [-0.25, -0.2) is 0 Å². The monoisotopic (exact) mass is 348 g/mol. The lowest BCUT2D eigenvalue weighted by Crippen LogP contribution is -2.21. The van der Waals surface area contributed by atoms with Crippen molar-refractivity contribution in [3.05, 3.63) is 32.6 Å². The number of aromatic nitrogens is 1. The molecule has 0 radical (unpaired) electrons. The Labute approximate surface area is 119 Å². The second kappa shape index (κ2) is 6.03. The zero-order valence-corrected chi connectivity index (χ0v) is 11.5. The van der Waals surface area contributed by atoms with E-state index in [1.807, 2.05) is 0 Å². The second-order valence-corrected chi connectivity index (χ2v) is 6.04. The lowest BCUT2D eigenvalue weighted by atomic mass is 10.4. The van der Waals surface area contributed by atoms with Crippen molar-refractivity contribution in [3.63, 3.8) is 0 Å². The summed E-state index contributed by atoms with van der Waals surface area (Å²) in [6.45, 7) is 0.570. The summed E-state index contributed by atoms with van der Waals surface area (Å²) in [5, 5.41) is 11.0. The number of halogens is 3. The SMILES string of the molecule is O=S(=O)(O)C(F)(F)F.O=c1ccc([N+](=O)[O-])c2n1CCS2. The van der Waals surface area contributed by atoms with Crippen LogP contribution in [0.2, 0.25) is 0 Å². The van der Waals surface area contributed by atoms with Crippen LogP contribution in [0.4, 0.5) is 18.9 Å². The van der Waals surface area contributed by atoms with Gasteiger partial charge >= 0.3 is 15.6 Å². The van der Waals surface area contributed by atoms with Crippen molar-refractivity contribution in [1.82, 2.24) is 4.57 Å². The summed E-state index contributed by atoms with van der Waals surface area (Å²) in [6.07, 6.45) is 0. The molecule has 0 bridgehead atoms. The molecule has 0 fully saturated rings. The van der Waals surface area contributed by atoms with Gasteiger partial charge in [-0.15, -0.1) is 0 Å². The van der Waals surface area contributed by atoms with Gasteiger partial charge in [-0.1, -0.05) is 11.8 Å². The average Bonchev–Trinajstić information content (AvgIpc) is 2.76. The van der Waals surface area contributed by atoms with E-state index in [0.717, 1.165) is 5.75 Å². The van der Waals surface area contributed by atoms with Crippen LogP contribution in [0.1, 0.15) is 0 Å². The molecule has 2 heterocycles. The largest absolute Gasteiger partial charge is 0.522 e. The Hall–Kier alpha value is -1.60. The highest BCUT2D eigenvalue weighted by Gasteiger charge is 2.44. The van der Waals surface area contributed by atoms with Gasteiger partial charge in [-0.3, -0.25) is 24.0 Å². The molecule has 1 aromatic rings. The van der Waals surface area contributed by atoms with Gasteiger partial charge in [-0.05, 0) is 0 Å². The Morgan fingerprint density at radius 3 is 2.33 bits per heavy atom. The van der Waals surface area contributed by atoms with Crippen LogP contribution in [0.3, 0.4) is 0 Å². The summed E-state index contributed by atoms with van der Waals surface area (Å²) in [5.41, 5.74) is -5.67. The number of nitro groups is 1. The minimum atomic E-state index is -5.84. The van der Waals surface area contributed by atoms with Gasteiger partial charge in [-0.2, -0.15) is 21.6 Å². The Kier molecular flexibility index (Phi) is 5.01. The number of thioether (sulfide) groups is 1. The van der Waals surface area contributed by atoms with Crippen LogP contribution < -0.4 is 5.56 Å². The van der Waals surface area contributed by atoms with Gasteiger partial charge in [0.05, 0.1) is 4.92 Å². The Bertz CT molecular complexity index is 712. The molecule has 13 heteroatoms. The molecule has 0 saturated carbocycles. The summed E-state index contributed by atoms with van der Waals surface area (Å²) in [5.74, 6) is 0.736. The quantitative estimate of drug-likeness (QED) is 0.351. The van der Waals surface area contributed by atoms with Crippen molar-refractivity contribution in [2.24, 2.45) is 0 Å². The van der Waals surface area contributed by atoms with Crippen LogP contribution in [-0.4, -0.2) is 33.7 Å². The normalized spacial score (nSPS) is 14.1. The van der Waals surface area contributed by atoms with Gasteiger partial charge in [0.1, 0.15) is 0 Å². The first-order valence-electron chi connectivity index (χ1n) is 5.00. The fourth-order valence-corrected chi connectivity index (χ4v) is 2.38. The van der Waals surface area contributed by atoms with E-state index in [1.165, 1.54) is 28.5 Å². The molecular formula is C8H7F3N2O6S2. The van der Waals surface area contributed by atoms with Gasteiger partial charge in [0.25, 0.3) is 11.2 Å². The number of hydrogen-bond acceptors (Lipinski definition) is 6. The van der Waals surface area contributed by atoms with Crippen molar-refractivity contribution >= 4 is 27.6 Å². The number of alkyl halides is 3. The molecule has 0 atom stereocenters. The third-order valence-corrected chi connectivity index (χ3v) is 3.83. The van der Waals surface area contributed by atoms with Gasteiger partial charge in [0.15, 0.2) is 5.03 Å². The van der Waals surface area contributed by atoms with Crippen molar-refractivity contribution in [2.75, 3.05) is 5.75 Å². The van der Waals surface area contributed by atoms with Crippen molar-refractivity contribution in [2.45, 2.75) is 17.1 Å². The maximum absolute atomic E-state index is 11.2. The molecule has 1 aliphatic rings. The lowest BCUT2D eigenvalue weighted by Gasteiger charge is -2.00. The van der Waals surface area contributed by atoms with Crippen LogP contribution in [0, 0.1) is 10.1 Å². The standard InChI is InChI=1S/C7H6N2O3S.CHF3O3S/c10-6-2-1-5(9(11)12)7-8(6)3-4-13-7;2-1(3,4)8(5,6)7/h1-2H,3-4H2;(H,5,6,7). The highest BCUT2D eigenvalue weighted by atomic mass is 32.2. The number of rotatable bonds is 1. The Morgan fingerprint density at radius 2 is 1.90 bits per heavy atom. The minimum absolute atomic E-state index is 0.0297. The summed E-state index contributed by atoms with van der Waals surface area (Å²) in [4.78, 5) is 21.3. The number of nitrogens with zero attached hydrogens (tertiary/aromatic N) is 2. The number of hydrogen-bond donors (Lipinski definition) is 1. The predicted molar refractivity (Wildman–Crippen MR) is 65.7 cm³/mol. The lowest BCUT2D eigenvalue weighted by molar-refractivity contribution is -0.388. The second-order valence-electron chi connectivity index (χ2n) is 3.54. The molecule has 0 spiro atoms. The molecule has 1 aliphatic heterocycles. The van der Waals surface area contributed by atoms with E-state index in [9.17, 15) is 28.1 Å². The van der Waals surface area contributed by atoms with E-state index < -0.39 is 20.5 Å².